The Morgan fingerprint density at radius 1 is 1.21 bits per heavy atom. The number of benzene rings is 1. The van der Waals surface area contributed by atoms with Gasteiger partial charge in [-0.15, -0.1) is 0 Å². The number of nitrogens with zero attached hydrogens (tertiary/aromatic N) is 3. The molecular formula is C18H22N4O2. The van der Waals surface area contributed by atoms with Crippen LogP contribution in [-0.2, 0) is 11.2 Å². The Balaban J connectivity index is 1.62. The summed E-state index contributed by atoms with van der Waals surface area (Å²) in [7, 11) is 0. The van der Waals surface area contributed by atoms with E-state index in [2.05, 4.69) is 32.3 Å². The molecule has 1 N–H and O–H groups in total. The van der Waals surface area contributed by atoms with Gasteiger partial charge in [-0.1, -0.05) is 30.3 Å². The van der Waals surface area contributed by atoms with E-state index in [9.17, 15) is 4.79 Å². The van der Waals surface area contributed by atoms with Gasteiger partial charge in [0.05, 0.1) is 13.2 Å². The van der Waals surface area contributed by atoms with E-state index >= 15 is 0 Å². The van der Waals surface area contributed by atoms with Crippen LogP contribution in [0.4, 0.5) is 5.82 Å². The largest absolute Gasteiger partial charge is 0.378 e. The summed E-state index contributed by atoms with van der Waals surface area (Å²) >= 11 is 0. The summed E-state index contributed by atoms with van der Waals surface area (Å²) < 4.78 is 5.36. The number of carbonyl (C=O) groups excluding carboxylic acids is 1. The van der Waals surface area contributed by atoms with Gasteiger partial charge in [-0.2, -0.15) is 0 Å². The van der Waals surface area contributed by atoms with E-state index in [1.54, 1.807) is 6.07 Å². The summed E-state index contributed by atoms with van der Waals surface area (Å²) in [5.74, 6) is 1.23. The van der Waals surface area contributed by atoms with E-state index in [1.165, 1.54) is 5.56 Å². The van der Waals surface area contributed by atoms with Crippen LogP contribution in [0.5, 0.6) is 0 Å². The molecule has 1 aromatic carbocycles. The van der Waals surface area contributed by atoms with Gasteiger partial charge in [-0.3, -0.25) is 4.79 Å². The van der Waals surface area contributed by atoms with Crippen molar-refractivity contribution >= 4 is 11.7 Å². The number of anilines is 1. The van der Waals surface area contributed by atoms with Crippen molar-refractivity contribution < 1.29 is 9.53 Å². The fourth-order valence-electron chi connectivity index (χ4n) is 2.68. The van der Waals surface area contributed by atoms with E-state index in [4.69, 9.17) is 4.74 Å². The first-order chi connectivity index (χ1) is 11.7. The van der Waals surface area contributed by atoms with E-state index in [0.29, 0.717) is 31.3 Å². The highest BCUT2D eigenvalue weighted by Crippen LogP contribution is 2.14. The maximum atomic E-state index is 12.4. The number of ether oxygens (including phenoxy) is 1. The predicted molar refractivity (Wildman–Crippen MR) is 92.3 cm³/mol. The Morgan fingerprint density at radius 2 is 1.96 bits per heavy atom. The monoisotopic (exact) mass is 326 g/mol. The van der Waals surface area contributed by atoms with E-state index in [-0.39, 0.29) is 5.91 Å². The molecule has 1 saturated heterocycles. The van der Waals surface area contributed by atoms with Crippen LogP contribution in [-0.4, -0.2) is 48.7 Å². The van der Waals surface area contributed by atoms with Gasteiger partial charge in [0.1, 0.15) is 17.3 Å². The first-order valence-corrected chi connectivity index (χ1v) is 8.23. The number of hydrogen-bond donors (Lipinski definition) is 1. The number of rotatable bonds is 5. The summed E-state index contributed by atoms with van der Waals surface area (Å²) in [6.07, 6.45) is 0.799. The van der Waals surface area contributed by atoms with Gasteiger partial charge in [0.2, 0.25) is 0 Å². The fourth-order valence-corrected chi connectivity index (χ4v) is 2.68. The summed E-state index contributed by atoms with van der Waals surface area (Å²) in [5.41, 5.74) is 1.61. The lowest BCUT2D eigenvalue weighted by Crippen LogP contribution is -2.37. The zero-order valence-electron chi connectivity index (χ0n) is 13.9. The normalized spacial score (nSPS) is 14.5. The van der Waals surface area contributed by atoms with Gasteiger partial charge in [-0.05, 0) is 18.9 Å². The molecule has 126 valence electrons. The molecule has 0 radical (unpaired) electrons. The first kappa shape index (κ1) is 16.4. The van der Waals surface area contributed by atoms with Gasteiger partial charge < -0.3 is 15.0 Å². The number of hydrogen-bond acceptors (Lipinski definition) is 5. The number of amides is 1. The Kier molecular flexibility index (Phi) is 5.38. The van der Waals surface area contributed by atoms with Crippen molar-refractivity contribution in [2.24, 2.45) is 0 Å². The Labute approximate surface area is 141 Å². The quantitative estimate of drug-likeness (QED) is 0.904. The highest BCUT2D eigenvalue weighted by molar-refractivity contribution is 5.92. The maximum absolute atomic E-state index is 12.4. The van der Waals surface area contributed by atoms with Gasteiger partial charge in [0.25, 0.3) is 5.91 Å². The number of aryl methyl sites for hydroxylation is 1. The van der Waals surface area contributed by atoms with Crippen LogP contribution in [0.15, 0.2) is 36.4 Å². The number of aromatic nitrogens is 2. The van der Waals surface area contributed by atoms with Gasteiger partial charge in [0.15, 0.2) is 0 Å². The minimum Gasteiger partial charge on any atom is -0.378 e. The molecule has 0 spiro atoms. The third kappa shape index (κ3) is 4.29. The molecule has 1 fully saturated rings. The molecule has 0 unspecified atom stereocenters. The zero-order valence-corrected chi connectivity index (χ0v) is 13.9. The van der Waals surface area contributed by atoms with Crippen molar-refractivity contribution in [3.8, 4) is 0 Å². The lowest BCUT2D eigenvalue weighted by Gasteiger charge is -2.28. The van der Waals surface area contributed by atoms with E-state index in [0.717, 1.165) is 25.3 Å². The summed E-state index contributed by atoms with van der Waals surface area (Å²) in [5, 5.41) is 2.93. The van der Waals surface area contributed by atoms with Crippen molar-refractivity contribution in [1.82, 2.24) is 15.3 Å². The van der Waals surface area contributed by atoms with Crippen LogP contribution in [0.2, 0.25) is 0 Å². The molecule has 2 heterocycles. The molecule has 1 aliphatic heterocycles. The fraction of sp³-hybridized carbons (Fsp3) is 0.389. The van der Waals surface area contributed by atoms with Gasteiger partial charge in [0, 0.05) is 25.7 Å². The topological polar surface area (TPSA) is 67.4 Å². The second-order valence-corrected chi connectivity index (χ2v) is 5.75. The number of morpholine rings is 1. The van der Waals surface area contributed by atoms with Crippen molar-refractivity contribution in [2.45, 2.75) is 13.3 Å². The van der Waals surface area contributed by atoms with Crippen LogP contribution >= 0.6 is 0 Å². The first-order valence-electron chi connectivity index (χ1n) is 8.23. The molecule has 0 aliphatic carbocycles. The molecule has 0 saturated carbocycles. The molecule has 6 heteroatoms. The molecule has 2 aromatic rings. The molecule has 3 rings (SSSR count). The standard InChI is InChI=1S/C18H22N4O2/c1-14-20-16(13-17(21-14)22-9-11-24-12-10-22)18(23)19-8-7-15-5-3-2-4-6-15/h2-6,13H,7-12H2,1H3,(H,19,23). The summed E-state index contributed by atoms with van der Waals surface area (Å²) in [6, 6.07) is 11.9. The minimum absolute atomic E-state index is 0.161. The highest BCUT2D eigenvalue weighted by Gasteiger charge is 2.16. The van der Waals surface area contributed by atoms with Crippen LogP contribution < -0.4 is 10.2 Å². The Morgan fingerprint density at radius 3 is 2.71 bits per heavy atom. The van der Waals surface area contributed by atoms with Crippen molar-refractivity contribution in [3.05, 3.63) is 53.5 Å². The molecule has 1 aliphatic rings. The second-order valence-electron chi connectivity index (χ2n) is 5.75. The van der Waals surface area contributed by atoms with Crippen LogP contribution in [0.25, 0.3) is 0 Å². The second kappa shape index (κ2) is 7.88. The SMILES string of the molecule is Cc1nc(C(=O)NCCc2ccccc2)cc(N2CCOCC2)n1. The number of carbonyl (C=O) groups is 1. The van der Waals surface area contributed by atoms with Crippen LogP contribution in [0.3, 0.4) is 0 Å². The molecule has 1 aromatic heterocycles. The molecule has 1 amide bonds. The molecule has 6 nitrogen and oxygen atoms in total. The molecule has 24 heavy (non-hydrogen) atoms. The van der Waals surface area contributed by atoms with Gasteiger partial charge in [-0.25, -0.2) is 9.97 Å². The molecule has 0 atom stereocenters. The lowest BCUT2D eigenvalue weighted by molar-refractivity contribution is 0.0948. The Bertz CT molecular complexity index is 685. The predicted octanol–water partition coefficient (Wildman–Crippen LogP) is 1.59. The zero-order chi connectivity index (χ0) is 16.8. The van der Waals surface area contributed by atoms with Crippen molar-refractivity contribution in [2.75, 3.05) is 37.7 Å². The van der Waals surface area contributed by atoms with E-state index < -0.39 is 0 Å². The lowest BCUT2D eigenvalue weighted by atomic mass is 10.1. The van der Waals surface area contributed by atoms with Crippen molar-refractivity contribution in [3.63, 3.8) is 0 Å². The average molecular weight is 326 g/mol. The smallest absolute Gasteiger partial charge is 0.270 e. The highest BCUT2D eigenvalue weighted by atomic mass is 16.5. The number of nitrogens with one attached hydrogen (secondary N) is 1. The summed E-state index contributed by atoms with van der Waals surface area (Å²) in [6.45, 7) is 5.32. The van der Waals surface area contributed by atoms with E-state index in [1.807, 2.05) is 25.1 Å². The van der Waals surface area contributed by atoms with Crippen molar-refractivity contribution in [1.29, 1.82) is 0 Å². The molecular weight excluding hydrogens is 304 g/mol. The third-order valence-electron chi connectivity index (χ3n) is 3.93. The minimum atomic E-state index is -0.161. The Hall–Kier alpha value is -2.47. The average Bonchev–Trinajstić information content (AvgIpc) is 2.63. The molecule has 0 bridgehead atoms. The maximum Gasteiger partial charge on any atom is 0.270 e. The van der Waals surface area contributed by atoms with Gasteiger partial charge >= 0.3 is 0 Å². The third-order valence-corrected chi connectivity index (χ3v) is 3.93. The summed E-state index contributed by atoms with van der Waals surface area (Å²) in [4.78, 5) is 23.2. The van der Waals surface area contributed by atoms with Crippen LogP contribution in [0.1, 0.15) is 21.9 Å². The van der Waals surface area contributed by atoms with Crippen LogP contribution in [0, 0.1) is 6.92 Å².